The van der Waals surface area contributed by atoms with Gasteiger partial charge in [-0.1, -0.05) is 32.9 Å². The Morgan fingerprint density at radius 1 is 1.18 bits per heavy atom. The number of nitriles is 1. The molecule has 0 aliphatic rings. The number of ether oxygens (including phenoxy) is 1. The summed E-state index contributed by atoms with van der Waals surface area (Å²) < 4.78 is 4.52. The van der Waals surface area contributed by atoms with Crippen LogP contribution in [0.4, 0.5) is 5.69 Å². The van der Waals surface area contributed by atoms with Crippen molar-refractivity contribution in [3.8, 4) is 6.07 Å². The normalized spacial score (nSPS) is 10.7. The van der Waals surface area contributed by atoms with Crippen LogP contribution in [0.2, 0.25) is 0 Å². The van der Waals surface area contributed by atoms with Crippen LogP contribution in [0.1, 0.15) is 39.2 Å². The molecule has 118 valence electrons. The van der Waals surface area contributed by atoms with Crippen LogP contribution in [0.15, 0.2) is 24.3 Å². The maximum atomic E-state index is 12.2. The molecule has 1 aromatic carbocycles. The first-order valence-electron chi connectivity index (χ1n) is 7.14. The van der Waals surface area contributed by atoms with E-state index in [0.29, 0.717) is 5.69 Å². The van der Waals surface area contributed by atoms with Crippen molar-refractivity contribution in [2.45, 2.75) is 39.0 Å². The number of carbonyl (C=O) groups is 2. The Labute approximate surface area is 131 Å². The molecule has 5 heteroatoms. The SMILES string of the molecule is COC(=O)CCC(=O)N(CC#N)c1ccc(C(C)(C)C)cc1. The maximum absolute atomic E-state index is 12.2. The average molecular weight is 302 g/mol. The van der Waals surface area contributed by atoms with Crippen molar-refractivity contribution in [2.75, 3.05) is 18.6 Å². The Morgan fingerprint density at radius 3 is 2.23 bits per heavy atom. The number of amides is 1. The van der Waals surface area contributed by atoms with Crippen molar-refractivity contribution < 1.29 is 14.3 Å². The smallest absolute Gasteiger partial charge is 0.306 e. The minimum Gasteiger partial charge on any atom is -0.469 e. The molecule has 0 atom stereocenters. The van der Waals surface area contributed by atoms with Crippen LogP contribution in [0.5, 0.6) is 0 Å². The summed E-state index contributed by atoms with van der Waals surface area (Å²) >= 11 is 0. The van der Waals surface area contributed by atoms with Gasteiger partial charge in [0.15, 0.2) is 0 Å². The fourth-order valence-corrected chi connectivity index (χ4v) is 1.98. The second-order valence-corrected chi connectivity index (χ2v) is 6.01. The summed E-state index contributed by atoms with van der Waals surface area (Å²) in [4.78, 5) is 24.7. The van der Waals surface area contributed by atoms with Crippen LogP contribution < -0.4 is 4.90 Å². The van der Waals surface area contributed by atoms with Gasteiger partial charge in [-0.2, -0.15) is 5.26 Å². The topological polar surface area (TPSA) is 70.4 Å². The first kappa shape index (κ1) is 17.7. The predicted octanol–water partition coefficient (Wildman–Crippen LogP) is 2.79. The molecule has 5 nitrogen and oxygen atoms in total. The molecule has 0 saturated heterocycles. The third kappa shape index (κ3) is 4.88. The molecule has 0 aromatic heterocycles. The van der Waals surface area contributed by atoms with Crippen LogP contribution in [0.25, 0.3) is 0 Å². The van der Waals surface area contributed by atoms with Crippen LogP contribution in [0, 0.1) is 11.3 Å². The second kappa shape index (κ2) is 7.60. The molecule has 0 saturated carbocycles. The lowest BCUT2D eigenvalue weighted by Crippen LogP contribution is -2.31. The van der Waals surface area contributed by atoms with Gasteiger partial charge in [-0.25, -0.2) is 0 Å². The first-order valence-corrected chi connectivity index (χ1v) is 7.14. The minimum atomic E-state index is -0.437. The summed E-state index contributed by atoms with van der Waals surface area (Å²) in [6.07, 6.45) is 0.0344. The Bertz CT molecular complexity index is 565. The zero-order chi connectivity index (χ0) is 16.8. The lowest BCUT2D eigenvalue weighted by Gasteiger charge is -2.23. The van der Waals surface area contributed by atoms with E-state index < -0.39 is 5.97 Å². The Kier molecular flexibility index (Phi) is 6.11. The van der Waals surface area contributed by atoms with Gasteiger partial charge in [-0.05, 0) is 23.1 Å². The molecule has 1 amide bonds. The fourth-order valence-electron chi connectivity index (χ4n) is 1.98. The third-order valence-electron chi connectivity index (χ3n) is 3.35. The highest BCUT2D eigenvalue weighted by Crippen LogP contribution is 2.25. The molecule has 0 N–H and O–H groups in total. The maximum Gasteiger partial charge on any atom is 0.306 e. The van der Waals surface area contributed by atoms with E-state index in [-0.39, 0.29) is 30.7 Å². The van der Waals surface area contributed by atoms with Crippen LogP contribution in [-0.2, 0) is 19.7 Å². The fraction of sp³-hybridized carbons (Fsp3) is 0.471. The third-order valence-corrected chi connectivity index (χ3v) is 3.35. The van der Waals surface area contributed by atoms with E-state index >= 15 is 0 Å². The van der Waals surface area contributed by atoms with Gasteiger partial charge in [0.2, 0.25) is 5.91 Å². The first-order chi connectivity index (χ1) is 10.3. The predicted molar refractivity (Wildman–Crippen MR) is 84.4 cm³/mol. The molecular formula is C17H22N2O3. The molecule has 0 radical (unpaired) electrons. The minimum absolute atomic E-state index is 0.0112. The summed E-state index contributed by atoms with van der Waals surface area (Å²) in [6, 6.07) is 9.54. The van der Waals surface area contributed by atoms with Crippen LogP contribution >= 0.6 is 0 Å². The summed E-state index contributed by atoms with van der Waals surface area (Å²) in [6.45, 7) is 6.28. The molecule has 0 spiro atoms. The van der Waals surface area contributed by atoms with Crippen molar-refractivity contribution in [3.63, 3.8) is 0 Å². The Morgan fingerprint density at radius 2 is 1.77 bits per heavy atom. The number of anilines is 1. The van der Waals surface area contributed by atoms with Gasteiger partial charge in [0, 0.05) is 12.1 Å². The van der Waals surface area contributed by atoms with Gasteiger partial charge >= 0.3 is 5.97 Å². The zero-order valence-corrected chi connectivity index (χ0v) is 13.5. The van der Waals surface area contributed by atoms with Gasteiger partial charge in [0.05, 0.1) is 19.6 Å². The quantitative estimate of drug-likeness (QED) is 0.619. The van der Waals surface area contributed by atoms with Crippen molar-refractivity contribution in [1.29, 1.82) is 5.26 Å². The molecule has 0 bridgehead atoms. The highest BCUT2D eigenvalue weighted by atomic mass is 16.5. The van der Waals surface area contributed by atoms with Crippen LogP contribution in [0.3, 0.4) is 0 Å². The van der Waals surface area contributed by atoms with Gasteiger partial charge in [-0.3, -0.25) is 14.5 Å². The van der Waals surface area contributed by atoms with E-state index in [1.165, 1.54) is 12.0 Å². The van der Waals surface area contributed by atoms with Crippen molar-refractivity contribution in [2.24, 2.45) is 0 Å². The Hall–Kier alpha value is -2.35. The highest BCUT2D eigenvalue weighted by Gasteiger charge is 2.18. The lowest BCUT2D eigenvalue weighted by atomic mass is 9.87. The summed E-state index contributed by atoms with van der Waals surface area (Å²) in [5.74, 6) is -0.705. The van der Waals surface area contributed by atoms with E-state index in [1.807, 2.05) is 30.3 Å². The average Bonchev–Trinajstić information content (AvgIpc) is 2.49. The number of nitrogens with zero attached hydrogens (tertiary/aromatic N) is 2. The molecule has 0 fully saturated rings. The molecule has 0 unspecified atom stereocenters. The number of benzene rings is 1. The van der Waals surface area contributed by atoms with Gasteiger partial charge in [-0.15, -0.1) is 0 Å². The monoisotopic (exact) mass is 302 g/mol. The number of esters is 1. The van der Waals surface area contributed by atoms with Crippen molar-refractivity contribution >= 4 is 17.6 Å². The summed E-state index contributed by atoms with van der Waals surface area (Å²) in [5, 5.41) is 8.92. The van der Waals surface area contributed by atoms with Crippen molar-refractivity contribution in [3.05, 3.63) is 29.8 Å². The van der Waals surface area contributed by atoms with Crippen molar-refractivity contribution in [1.82, 2.24) is 0 Å². The molecule has 0 aliphatic carbocycles. The number of hydrogen-bond donors (Lipinski definition) is 0. The van der Waals surface area contributed by atoms with Crippen LogP contribution in [-0.4, -0.2) is 25.5 Å². The van der Waals surface area contributed by atoms with Gasteiger partial charge < -0.3 is 4.74 Å². The van der Waals surface area contributed by atoms with E-state index in [4.69, 9.17) is 5.26 Å². The summed E-state index contributed by atoms with van der Waals surface area (Å²) in [7, 11) is 1.28. The number of rotatable bonds is 5. The largest absolute Gasteiger partial charge is 0.469 e. The van der Waals surface area contributed by atoms with E-state index in [1.54, 1.807) is 0 Å². The Balaban J connectivity index is 2.89. The molecular weight excluding hydrogens is 280 g/mol. The van der Waals surface area contributed by atoms with E-state index in [0.717, 1.165) is 5.56 Å². The number of hydrogen-bond acceptors (Lipinski definition) is 4. The highest BCUT2D eigenvalue weighted by molar-refractivity contribution is 5.95. The molecule has 1 aromatic rings. The lowest BCUT2D eigenvalue weighted by molar-refractivity contribution is -0.141. The van der Waals surface area contributed by atoms with E-state index in [9.17, 15) is 9.59 Å². The molecule has 22 heavy (non-hydrogen) atoms. The molecule has 1 rings (SSSR count). The standard InChI is InChI=1S/C17H22N2O3/c1-17(2,3)13-5-7-14(8-6-13)19(12-11-18)15(20)9-10-16(21)22-4/h5-8H,9-10,12H2,1-4H3. The second-order valence-electron chi connectivity index (χ2n) is 6.01. The van der Waals surface area contributed by atoms with E-state index in [2.05, 4.69) is 25.5 Å². The van der Waals surface area contributed by atoms with Gasteiger partial charge in [0.25, 0.3) is 0 Å². The summed E-state index contributed by atoms with van der Waals surface area (Å²) in [5.41, 5.74) is 1.83. The molecule has 0 aliphatic heterocycles. The number of carbonyl (C=O) groups excluding carboxylic acids is 2. The molecule has 0 heterocycles. The number of methoxy groups -OCH3 is 1. The zero-order valence-electron chi connectivity index (χ0n) is 13.5. The van der Waals surface area contributed by atoms with Gasteiger partial charge in [0.1, 0.15) is 6.54 Å².